The Labute approximate surface area is 183 Å². The van der Waals surface area contributed by atoms with Crippen LogP contribution in [0.3, 0.4) is 0 Å². The second kappa shape index (κ2) is 5.00. The lowest BCUT2D eigenvalue weighted by Crippen LogP contribution is -1.93. The van der Waals surface area contributed by atoms with E-state index in [-0.39, 0.29) is 0 Å². The summed E-state index contributed by atoms with van der Waals surface area (Å²) in [6.45, 7) is 0. The maximum atomic E-state index is 2.46. The van der Waals surface area contributed by atoms with Crippen LogP contribution >= 0.6 is 0 Å². The van der Waals surface area contributed by atoms with Crippen molar-refractivity contribution in [1.82, 2.24) is 0 Å². The molecule has 9 rings (SSSR count). The average Bonchev–Trinajstić information content (AvgIpc) is 2.84. The standard InChI is InChI=1S/C32H16/c1-2-9-24-23(8-1)25-10-4-7-19-14-21-15-20-12-11-17-5-3-6-18-13-22-16-26(24)32(28(19)25)31(21)30(22)29(20)27(17)18/h1-16H. The van der Waals surface area contributed by atoms with E-state index in [1.165, 1.54) is 86.2 Å². The van der Waals surface area contributed by atoms with Crippen LogP contribution in [0.4, 0.5) is 0 Å². The first-order valence-corrected chi connectivity index (χ1v) is 11.3. The van der Waals surface area contributed by atoms with E-state index in [4.69, 9.17) is 0 Å². The summed E-state index contributed by atoms with van der Waals surface area (Å²) < 4.78 is 0. The minimum atomic E-state index is 1.33. The first-order valence-electron chi connectivity index (χ1n) is 11.3. The van der Waals surface area contributed by atoms with E-state index in [0.29, 0.717) is 0 Å². The SMILES string of the molecule is c1cc2ccc3cc4cc5cccc6c7ccccc7c7cc8cc(c1)c2c3c8c4c7c56. The molecule has 0 bridgehead atoms. The van der Waals surface area contributed by atoms with Crippen molar-refractivity contribution < 1.29 is 0 Å². The van der Waals surface area contributed by atoms with Gasteiger partial charge in [0.15, 0.2) is 0 Å². The third-order valence-corrected chi connectivity index (χ3v) is 7.79. The zero-order valence-corrected chi connectivity index (χ0v) is 17.2. The van der Waals surface area contributed by atoms with Gasteiger partial charge in [-0.05, 0) is 110 Å². The topological polar surface area (TPSA) is 0 Å². The Bertz CT molecular complexity index is 2180. The predicted octanol–water partition coefficient (Wildman–Crippen LogP) is 9.23. The third-order valence-electron chi connectivity index (χ3n) is 7.79. The van der Waals surface area contributed by atoms with Crippen LogP contribution in [0.25, 0.3) is 86.2 Å². The third kappa shape index (κ3) is 1.60. The van der Waals surface area contributed by atoms with Crippen LogP contribution in [-0.2, 0) is 0 Å². The van der Waals surface area contributed by atoms with Gasteiger partial charge in [-0.2, -0.15) is 0 Å². The number of benzene rings is 9. The summed E-state index contributed by atoms with van der Waals surface area (Å²) in [5, 5.41) is 22.0. The number of rotatable bonds is 0. The Morgan fingerprint density at radius 1 is 0.250 bits per heavy atom. The molecule has 0 amide bonds. The van der Waals surface area contributed by atoms with Gasteiger partial charge in [0.1, 0.15) is 0 Å². The predicted molar refractivity (Wildman–Crippen MR) is 140 cm³/mol. The van der Waals surface area contributed by atoms with Crippen LogP contribution in [0.1, 0.15) is 0 Å². The zero-order valence-electron chi connectivity index (χ0n) is 17.2. The van der Waals surface area contributed by atoms with Gasteiger partial charge >= 0.3 is 0 Å². The van der Waals surface area contributed by atoms with Crippen LogP contribution in [0.2, 0.25) is 0 Å². The Kier molecular flexibility index (Phi) is 2.44. The first kappa shape index (κ1) is 15.6. The van der Waals surface area contributed by atoms with Gasteiger partial charge in [0, 0.05) is 0 Å². The van der Waals surface area contributed by atoms with E-state index in [1.54, 1.807) is 0 Å². The lowest BCUT2D eigenvalue weighted by atomic mass is 9.81. The molecule has 0 aliphatic carbocycles. The lowest BCUT2D eigenvalue weighted by molar-refractivity contribution is 1.80. The van der Waals surface area contributed by atoms with Crippen LogP contribution in [-0.4, -0.2) is 0 Å². The molecule has 0 fully saturated rings. The van der Waals surface area contributed by atoms with Gasteiger partial charge in [-0.25, -0.2) is 0 Å². The maximum Gasteiger partial charge on any atom is -0.000763 e. The number of hydrogen-bond acceptors (Lipinski definition) is 0. The number of fused-ring (bicyclic) bond motifs is 3. The Hall–Kier alpha value is -4.16. The van der Waals surface area contributed by atoms with E-state index in [2.05, 4.69) is 97.1 Å². The lowest BCUT2D eigenvalue weighted by Gasteiger charge is -2.21. The van der Waals surface area contributed by atoms with Crippen LogP contribution in [0, 0.1) is 0 Å². The van der Waals surface area contributed by atoms with Crippen molar-refractivity contribution in [2.45, 2.75) is 0 Å². The fraction of sp³-hybridized carbons (Fsp3) is 0. The van der Waals surface area contributed by atoms with E-state index in [1.807, 2.05) is 0 Å². The highest BCUT2D eigenvalue weighted by atomic mass is 14.2. The molecule has 9 aromatic carbocycles. The van der Waals surface area contributed by atoms with Gasteiger partial charge in [0.05, 0.1) is 0 Å². The molecule has 0 aliphatic rings. The minimum Gasteiger partial charge on any atom is -0.0616 e. The van der Waals surface area contributed by atoms with Gasteiger partial charge in [0.25, 0.3) is 0 Å². The van der Waals surface area contributed by atoms with Crippen LogP contribution < -0.4 is 0 Å². The molecule has 32 heavy (non-hydrogen) atoms. The second-order valence-electron chi connectivity index (χ2n) is 9.32. The molecule has 9 aromatic rings. The normalized spacial score (nSPS) is 13.0. The summed E-state index contributed by atoms with van der Waals surface area (Å²) in [5.74, 6) is 0. The molecule has 0 spiro atoms. The Balaban J connectivity index is 1.76. The maximum absolute atomic E-state index is 2.46. The van der Waals surface area contributed by atoms with Gasteiger partial charge in [-0.1, -0.05) is 72.8 Å². The van der Waals surface area contributed by atoms with Crippen LogP contribution in [0.15, 0.2) is 97.1 Å². The van der Waals surface area contributed by atoms with Gasteiger partial charge in [-0.3, -0.25) is 0 Å². The fourth-order valence-corrected chi connectivity index (χ4v) is 6.62. The van der Waals surface area contributed by atoms with Crippen molar-refractivity contribution in [3.8, 4) is 0 Å². The van der Waals surface area contributed by atoms with Gasteiger partial charge < -0.3 is 0 Å². The summed E-state index contributed by atoms with van der Waals surface area (Å²) in [6.07, 6.45) is 0. The van der Waals surface area contributed by atoms with Gasteiger partial charge in [0.2, 0.25) is 0 Å². The summed E-state index contributed by atoms with van der Waals surface area (Å²) in [7, 11) is 0. The summed E-state index contributed by atoms with van der Waals surface area (Å²) >= 11 is 0. The monoisotopic (exact) mass is 400 g/mol. The van der Waals surface area contributed by atoms with Crippen molar-refractivity contribution in [3.05, 3.63) is 97.1 Å². The molecular formula is C32H16. The molecule has 0 heterocycles. The van der Waals surface area contributed by atoms with Crippen LogP contribution in [0.5, 0.6) is 0 Å². The molecule has 0 heteroatoms. The molecule has 0 aliphatic heterocycles. The second-order valence-corrected chi connectivity index (χ2v) is 9.32. The van der Waals surface area contributed by atoms with Crippen molar-refractivity contribution in [1.29, 1.82) is 0 Å². The highest BCUT2D eigenvalue weighted by molar-refractivity contribution is 6.45. The highest BCUT2D eigenvalue weighted by Gasteiger charge is 2.21. The molecule has 0 radical (unpaired) electrons. The van der Waals surface area contributed by atoms with E-state index in [0.717, 1.165) is 0 Å². The minimum absolute atomic E-state index is 1.33. The first-order chi connectivity index (χ1) is 15.9. The molecule has 0 saturated heterocycles. The molecule has 0 nitrogen and oxygen atoms in total. The molecule has 144 valence electrons. The Morgan fingerprint density at radius 2 is 0.781 bits per heavy atom. The summed E-state index contributed by atoms with van der Waals surface area (Å²) in [6, 6.07) is 36.7. The molecule has 0 saturated carbocycles. The van der Waals surface area contributed by atoms with Crippen molar-refractivity contribution in [2.75, 3.05) is 0 Å². The van der Waals surface area contributed by atoms with Crippen molar-refractivity contribution in [2.24, 2.45) is 0 Å². The molecule has 0 N–H and O–H groups in total. The van der Waals surface area contributed by atoms with E-state index in [9.17, 15) is 0 Å². The largest absolute Gasteiger partial charge is 0.0616 e. The molecule has 0 atom stereocenters. The van der Waals surface area contributed by atoms with Crippen molar-refractivity contribution in [3.63, 3.8) is 0 Å². The van der Waals surface area contributed by atoms with Crippen molar-refractivity contribution >= 4 is 86.2 Å². The smallest absolute Gasteiger partial charge is 0.000763 e. The van der Waals surface area contributed by atoms with E-state index < -0.39 is 0 Å². The average molecular weight is 400 g/mol. The highest BCUT2D eigenvalue weighted by Crippen LogP contribution is 2.49. The number of hydrogen-bond donors (Lipinski definition) is 0. The summed E-state index contributed by atoms with van der Waals surface area (Å²) in [5.41, 5.74) is 0. The molecule has 0 unspecified atom stereocenters. The van der Waals surface area contributed by atoms with E-state index >= 15 is 0 Å². The molecule has 0 aromatic heterocycles. The fourth-order valence-electron chi connectivity index (χ4n) is 6.62. The zero-order chi connectivity index (χ0) is 20.6. The van der Waals surface area contributed by atoms with Gasteiger partial charge in [-0.15, -0.1) is 0 Å². The summed E-state index contributed by atoms with van der Waals surface area (Å²) in [4.78, 5) is 0. The quantitative estimate of drug-likeness (QED) is 0.176. The molecular weight excluding hydrogens is 384 g/mol. The Morgan fingerprint density at radius 3 is 1.62 bits per heavy atom.